The standard InChI is InChI=1S/C22H23ClN2O2/c23-18-13-11-16(12-14-18)15-20(22(27)24-19-9-5-2-6-10-19)25-21(26)17-7-3-1-4-8-17/h1,3-4,7-8,11-15,19H,2,5-6,9-10H2,(H,24,27)(H,25,26)/b20-15-. The van der Waals surface area contributed by atoms with E-state index in [2.05, 4.69) is 10.6 Å². The number of benzene rings is 2. The van der Waals surface area contributed by atoms with Crippen molar-refractivity contribution in [3.63, 3.8) is 0 Å². The Bertz CT molecular complexity index is 810. The monoisotopic (exact) mass is 382 g/mol. The highest BCUT2D eigenvalue weighted by Gasteiger charge is 2.20. The van der Waals surface area contributed by atoms with E-state index in [0.29, 0.717) is 10.6 Å². The molecule has 1 fully saturated rings. The van der Waals surface area contributed by atoms with Gasteiger partial charge in [-0.3, -0.25) is 9.59 Å². The highest BCUT2D eigenvalue weighted by Crippen LogP contribution is 2.18. The third-order valence-electron chi connectivity index (χ3n) is 4.65. The van der Waals surface area contributed by atoms with E-state index in [4.69, 9.17) is 11.6 Å². The zero-order chi connectivity index (χ0) is 19.1. The number of hydrogen-bond acceptors (Lipinski definition) is 2. The first-order chi connectivity index (χ1) is 13.1. The molecule has 2 amide bonds. The normalized spacial score (nSPS) is 15.2. The van der Waals surface area contributed by atoms with Gasteiger partial charge in [0.25, 0.3) is 11.8 Å². The Hall–Kier alpha value is -2.59. The van der Waals surface area contributed by atoms with Crippen LogP contribution >= 0.6 is 11.6 Å². The highest BCUT2D eigenvalue weighted by molar-refractivity contribution is 6.30. The van der Waals surface area contributed by atoms with Gasteiger partial charge in [0.05, 0.1) is 0 Å². The van der Waals surface area contributed by atoms with E-state index < -0.39 is 0 Å². The average molecular weight is 383 g/mol. The third-order valence-corrected chi connectivity index (χ3v) is 4.90. The lowest BCUT2D eigenvalue weighted by Gasteiger charge is -2.23. The second-order valence-corrected chi connectivity index (χ2v) is 7.17. The van der Waals surface area contributed by atoms with E-state index in [-0.39, 0.29) is 23.6 Å². The van der Waals surface area contributed by atoms with Crippen molar-refractivity contribution in [3.05, 3.63) is 76.4 Å². The predicted octanol–water partition coefficient (Wildman–Crippen LogP) is 4.56. The van der Waals surface area contributed by atoms with Crippen LogP contribution in [0.2, 0.25) is 5.02 Å². The maximum absolute atomic E-state index is 12.8. The van der Waals surface area contributed by atoms with Gasteiger partial charge in [-0.2, -0.15) is 0 Å². The Labute approximate surface area is 164 Å². The Kier molecular flexibility index (Phi) is 6.66. The summed E-state index contributed by atoms with van der Waals surface area (Å²) in [5.74, 6) is -0.573. The molecule has 0 saturated heterocycles. The first kappa shape index (κ1) is 19.2. The van der Waals surface area contributed by atoms with E-state index in [0.717, 1.165) is 31.2 Å². The van der Waals surface area contributed by atoms with Crippen molar-refractivity contribution < 1.29 is 9.59 Å². The smallest absolute Gasteiger partial charge is 0.268 e. The van der Waals surface area contributed by atoms with Crippen LogP contribution < -0.4 is 10.6 Å². The zero-order valence-electron chi connectivity index (χ0n) is 15.1. The SMILES string of the molecule is O=C(NC1CCCCC1)/C(=C/c1ccc(Cl)cc1)NC(=O)c1ccccc1. The van der Waals surface area contributed by atoms with E-state index in [9.17, 15) is 9.59 Å². The molecule has 27 heavy (non-hydrogen) atoms. The summed E-state index contributed by atoms with van der Waals surface area (Å²) in [6, 6.07) is 16.1. The molecule has 0 aromatic heterocycles. The molecule has 0 bridgehead atoms. The number of hydrogen-bond donors (Lipinski definition) is 2. The molecule has 0 atom stereocenters. The van der Waals surface area contributed by atoms with Crippen molar-refractivity contribution in [3.8, 4) is 0 Å². The van der Waals surface area contributed by atoms with E-state index in [1.54, 1.807) is 42.5 Å². The summed E-state index contributed by atoms with van der Waals surface area (Å²) >= 11 is 5.93. The van der Waals surface area contributed by atoms with Gasteiger partial charge in [-0.15, -0.1) is 0 Å². The maximum atomic E-state index is 12.8. The lowest BCUT2D eigenvalue weighted by atomic mass is 9.95. The molecule has 140 valence electrons. The third kappa shape index (κ3) is 5.69. The van der Waals surface area contributed by atoms with Crippen LogP contribution in [0.15, 0.2) is 60.3 Å². The fraction of sp³-hybridized carbons (Fsp3) is 0.273. The van der Waals surface area contributed by atoms with Gasteiger partial charge in [-0.1, -0.05) is 61.2 Å². The van der Waals surface area contributed by atoms with Crippen LogP contribution in [0.4, 0.5) is 0 Å². The number of rotatable bonds is 5. The molecular weight excluding hydrogens is 360 g/mol. The number of carbonyl (C=O) groups is 2. The van der Waals surface area contributed by atoms with Crippen LogP contribution in [0.3, 0.4) is 0 Å². The minimum atomic E-state index is -0.311. The summed E-state index contributed by atoms with van der Waals surface area (Å²) in [5, 5.41) is 6.44. The summed E-state index contributed by atoms with van der Waals surface area (Å²) in [4.78, 5) is 25.4. The molecule has 0 spiro atoms. The van der Waals surface area contributed by atoms with Crippen LogP contribution in [0.25, 0.3) is 6.08 Å². The topological polar surface area (TPSA) is 58.2 Å². The summed E-state index contributed by atoms with van der Waals surface area (Å²) < 4.78 is 0. The molecule has 0 unspecified atom stereocenters. The van der Waals surface area contributed by atoms with Crippen LogP contribution in [0.5, 0.6) is 0 Å². The number of nitrogens with one attached hydrogen (secondary N) is 2. The van der Waals surface area contributed by atoms with Gasteiger partial charge in [0.15, 0.2) is 0 Å². The molecular formula is C22H23ClN2O2. The molecule has 0 aliphatic heterocycles. The van der Waals surface area contributed by atoms with Crippen LogP contribution in [-0.2, 0) is 4.79 Å². The van der Waals surface area contributed by atoms with Gasteiger partial charge in [-0.25, -0.2) is 0 Å². The summed E-state index contributed by atoms with van der Waals surface area (Å²) in [5.41, 5.74) is 1.53. The van der Waals surface area contributed by atoms with E-state index in [1.807, 2.05) is 18.2 Å². The quantitative estimate of drug-likeness (QED) is 0.745. The van der Waals surface area contributed by atoms with Crippen LogP contribution in [0, 0.1) is 0 Å². The predicted molar refractivity (Wildman–Crippen MR) is 108 cm³/mol. The molecule has 0 radical (unpaired) electrons. The lowest BCUT2D eigenvalue weighted by Crippen LogP contribution is -2.41. The Morgan fingerprint density at radius 3 is 2.26 bits per heavy atom. The highest BCUT2D eigenvalue weighted by atomic mass is 35.5. The molecule has 1 aliphatic rings. The van der Waals surface area contributed by atoms with Crippen LogP contribution in [0.1, 0.15) is 48.0 Å². The Balaban J connectivity index is 1.80. The van der Waals surface area contributed by atoms with Gasteiger partial charge in [-0.05, 0) is 48.7 Å². The Morgan fingerprint density at radius 2 is 1.59 bits per heavy atom. The van der Waals surface area contributed by atoms with Gasteiger partial charge in [0.2, 0.25) is 0 Å². The summed E-state index contributed by atoms with van der Waals surface area (Å²) in [6.07, 6.45) is 7.09. The minimum Gasteiger partial charge on any atom is -0.348 e. The van der Waals surface area contributed by atoms with Crippen molar-refractivity contribution in [2.24, 2.45) is 0 Å². The van der Waals surface area contributed by atoms with Gasteiger partial charge in [0, 0.05) is 16.6 Å². The van der Waals surface area contributed by atoms with Crippen LogP contribution in [-0.4, -0.2) is 17.9 Å². The van der Waals surface area contributed by atoms with Crippen molar-refractivity contribution in [2.45, 2.75) is 38.1 Å². The molecule has 5 heteroatoms. The van der Waals surface area contributed by atoms with Gasteiger partial charge >= 0.3 is 0 Å². The fourth-order valence-electron chi connectivity index (χ4n) is 3.18. The van der Waals surface area contributed by atoms with Crippen molar-refractivity contribution in [2.75, 3.05) is 0 Å². The lowest BCUT2D eigenvalue weighted by molar-refractivity contribution is -0.118. The fourth-order valence-corrected chi connectivity index (χ4v) is 3.30. The second-order valence-electron chi connectivity index (χ2n) is 6.74. The molecule has 2 aromatic carbocycles. The first-order valence-corrected chi connectivity index (χ1v) is 9.64. The van der Waals surface area contributed by atoms with Crippen molar-refractivity contribution >= 4 is 29.5 Å². The zero-order valence-corrected chi connectivity index (χ0v) is 15.8. The second kappa shape index (κ2) is 9.38. The molecule has 4 nitrogen and oxygen atoms in total. The molecule has 0 heterocycles. The minimum absolute atomic E-state index is 0.161. The summed E-state index contributed by atoms with van der Waals surface area (Å²) in [7, 11) is 0. The molecule has 1 saturated carbocycles. The largest absolute Gasteiger partial charge is 0.348 e. The summed E-state index contributed by atoms with van der Waals surface area (Å²) in [6.45, 7) is 0. The Morgan fingerprint density at radius 1 is 0.926 bits per heavy atom. The number of amides is 2. The van der Waals surface area contributed by atoms with Gasteiger partial charge in [0.1, 0.15) is 5.70 Å². The molecule has 3 rings (SSSR count). The number of carbonyl (C=O) groups excluding carboxylic acids is 2. The molecule has 1 aliphatic carbocycles. The van der Waals surface area contributed by atoms with E-state index in [1.165, 1.54) is 6.42 Å². The van der Waals surface area contributed by atoms with Crippen molar-refractivity contribution in [1.82, 2.24) is 10.6 Å². The average Bonchev–Trinajstić information content (AvgIpc) is 2.70. The maximum Gasteiger partial charge on any atom is 0.268 e. The molecule has 2 aromatic rings. The van der Waals surface area contributed by atoms with E-state index >= 15 is 0 Å². The molecule has 2 N–H and O–H groups in total. The number of halogens is 1. The van der Waals surface area contributed by atoms with Gasteiger partial charge < -0.3 is 10.6 Å². The first-order valence-electron chi connectivity index (χ1n) is 9.26. The van der Waals surface area contributed by atoms with Crippen molar-refractivity contribution in [1.29, 1.82) is 0 Å².